The predicted molar refractivity (Wildman–Crippen MR) is 88.5 cm³/mol. The van der Waals surface area contributed by atoms with Gasteiger partial charge < -0.3 is 10.1 Å². The van der Waals surface area contributed by atoms with Gasteiger partial charge in [-0.3, -0.25) is 19.2 Å². The molecule has 9 heteroatoms. The number of rotatable bonds is 3. The van der Waals surface area contributed by atoms with Crippen LogP contribution in [-0.4, -0.2) is 21.8 Å². The first-order valence-electron chi connectivity index (χ1n) is 7.41. The Balaban J connectivity index is 2.11. The van der Waals surface area contributed by atoms with Crippen molar-refractivity contribution in [2.75, 3.05) is 11.9 Å². The number of nitriles is 1. The average Bonchev–Trinajstić information content (AvgIpc) is 2.62. The first-order valence-corrected chi connectivity index (χ1v) is 7.41. The predicted octanol–water partition coefficient (Wildman–Crippen LogP) is 0.211. The molecule has 1 aromatic heterocycles. The van der Waals surface area contributed by atoms with Crippen molar-refractivity contribution >= 4 is 11.8 Å². The average molecular weight is 341 g/mol. The summed E-state index contributed by atoms with van der Waals surface area (Å²) >= 11 is 0. The highest BCUT2D eigenvalue weighted by molar-refractivity contribution is 5.92. The molecule has 3 rings (SSSR count). The Morgan fingerprint density at radius 2 is 1.84 bits per heavy atom. The van der Waals surface area contributed by atoms with Crippen LogP contribution < -0.4 is 26.6 Å². The number of aromatic nitrogens is 2. The quantitative estimate of drug-likeness (QED) is 0.827. The second kappa shape index (κ2) is 6.16. The van der Waals surface area contributed by atoms with Gasteiger partial charge >= 0.3 is 11.7 Å². The van der Waals surface area contributed by atoms with Crippen LogP contribution in [0.3, 0.4) is 0 Å². The van der Waals surface area contributed by atoms with Crippen LogP contribution in [0.2, 0.25) is 0 Å². The van der Waals surface area contributed by atoms with Gasteiger partial charge in [0.05, 0.1) is 11.6 Å². The summed E-state index contributed by atoms with van der Waals surface area (Å²) in [6, 6.07) is 7.33. The summed E-state index contributed by atoms with van der Waals surface area (Å²) < 4.78 is 7.42. The van der Waals surface area contributed by atoms with Crippen molar-refractivity contribution in [3.63, 3.8) is 0 Å². The standard InChI is InChI=1S/C16H15N5O4/c1-20-13-11(14(22)21(2)16(20)24)12(18-15(23)19-13)9-3-5-10(6-4-9)25-8-7-17/h3-6,12H,8H2,1-2H3,(H2,18,19,23). The number of urea groups is 1. The van der Waals surface area contributed by atoms with Gasteiger partial charge in [0, 0.05) is 14.1 Å². The number of nitrogens with one attached hydrogen (secondary N) is 2. The fourth-order valence-electron chi connectivity index (χ4n) is 2.75. The van der Waals surface area contributed by atoms with Gasteiger partial charge in [0.2, 0.25) is 0 Å². The molecule has 2 aromatic rings. The fourth-order valence-corrected chi connectivity index (χ4v) is 2.75. The maximum absolute atomic E-state index is 12.6. The van der Waals surface area contributed by atoms with Crippen LogP contribution in [0.15, 0.2) is 33.9 Å². The molecule has 25 heavy (non-hydrogen) atoms. The van der Waals surface area contributed by atoms with Crippen molar-refractivity contribution in [2.24, 2.45) is 14.1 Å². The zero-order chi connectivity index (χ0) is 18.1. The number of nitrogens with zero attached hydrogens (tertiary/aromatic N) is 3. The molecule has 1 aromatic carbocycles. The van der Waals surface area contributed by atoms with E-state index in [4.69, 9.17) is 10.00 Å². The van der Waals surface area contributed by atoms with Gasteiger partial charge in [0.25, 0.3) is 5.56 Å². The van der Waals surface area contributed by atoms with Crippen molar-refractivity contribution in [1.29, 1.82) is 5.26 Å². The molecule has 128 valence electrons. The Morgan fingerprint density at radius 1 is 1.16 bits per heavy atom. The molecule has 1 unspecified atom stereocenters. The first kappa shape index (κ1) is 16.3. The molecule has 1 atom stereocenters. The summed E-state index contributed by atoms with van der Waals surface area (Å²) in [5, 5.41) is 13.7. The molecule has 0 saturated carbocycles. The van der Waals surface area contributed by atoms with E-state index >= 15 is 0 Å². The van der Waals surface area contributed by atoms with Crippen LogP contribution in [0.25, 0.3) is 0 Å². The van der Waals surface area contributed by atoms with Crippen LogP contribution in [0, 0.1) is 11.3 Å². The third-order valence-electron chi connectivity index (χ3n) is 4.01. The van der Waals surface area contributed by atoms with Crippen molar-refractivity contribution in [1.82, 2.24) is 14.5 Å². The highest BCUT2D eigenvalue weighted by Crippen LogP contribution is 2.29. The molecule has 0 radical (unpaired) electrons. The SMILES string of the molecule is Cn1c2c(c(=O)n(C)c1=O)C(c1ccc(OCC#N)cc1)NC(=O)N2. The molecule has 0 saturated heterocycles. The van der Waals surface area contributed by atoms with Crippen molar-refractivity contribution in [3.8, 4) is 11.8 Å². The molecule has 0 aliphatic carbocycles. The summed E-state index contributed by atoms with van der Waals surface area (Å²) in [5.41, 5.74) is -0.0867. The van der Waals surface area contributed by atoms with E-state index in [-0.39, 0.29) is 18.0 Å². The van der Waals surface area contributed by atoms with Gasteiger partial charge in [-0.2, -0.15) is 5.26 Å². The lowest BCUT2D eigenvalue weighted by Gasteiger charge is -2.28. The van der Waals surface area contributed by atoms with Gasteiger partial charge in [-0.05, 0) is 17.7 Å². The number of amides is 2. The largest absolute Gasteiger partial charge is 0.479 e. The molecule has 1 aliphatic heterocycles. The third-order valence-corrected chi connectivity index (χ3v) is 4.01. The molecule has 2 N–H and O–H groups in total. The fraction of sp³-hybridized carbons (Fsp3) is 0.250. The van der Waals surface area contributed by atoms with Crippen LogP contribution in [0.1, 0.15) is 17.2 Å². The highest BCUT2D eigenvalue weighted by atomic mass is 16.5. The normalized spacial score (nSPS) is 15.6. The Hall–Kier alpha value is -3.54. The van der Waals surface area contributed by atoms with Crippen molar-refractivity contribution < 1.29 is 9.53 Å². The summed E-state index contributed by atoms with van der Waals surface area (Å²) in [6.45, 7) is -0.0745. The second-order valence-electron chi connectivity index (χ2n) is 5.52. The third kappa shape index (κ3) is 2.74. The number of fused-ring (bicyclic) bond motifs is 1. The maximum Gasteiger partial charge on any atom is 0.332 e. The molecule has 0 fully saturated rings. The van der Waals surface area contributed by atoms with E-state index in [0.29, 0.717) is 11.3 Å². The number of hydrogen-bond acceptors (Lipinski definition) is 5. The highest BCUT2D eigenvalue weighted by Gasteiger charge is 2.31. The Labute approximate surface area is 142 Å². The van der Waals surface area contributed by atoms with Crippen LogP contribution in [-0.2, 0) is 14.1 Å². The molecule has 9 nitrogen and oxygen atoms in total. The summed E-state index contributed by atoms with van der Waals surface area (Å²) in [7, 11) is 2.87. The minimum atomic E-state index is -0.709. The minimum absolute atomic E-state index is 0.0745. The van der Waals surface area contributed by atoms with Gasteiger partial charge in [-0.1, -0.05) is 12.1 Å². The zero-order valence-corrected chi connectivity index (χ0v) is 13.6. The van der Waals surface area contributed by atoms with Crippen LogP contribution >= 0.6 is 0 Å². The number of ether oxygens (including phenoxy) is 1. The van der Waals surface area contributed by atoms with Crippen LogP contribution in [0.5, 0.6) is 5.75 Å². The first-order chi connectivity index (χ1) is 11.9. The van der Waals surface area contributed by atoms with E-state index in [1.165, 1.54) is 18.7 Å². The number of anilines is 1. The topological polar surface area (TPSA) is 118 Å². The van der Waals surface area contributed by atoms with Gasteiger partial charge in [-0.25, -0.2) is 9.59 Å². The molecule has 0 bridgehead atoms. The van der Waals surface area contributed by atoms with Crippen molar-refractivity contribution in [3.05, 3.63) is 56.2 Å². The number of hydrogen-bond donors (Lipinski definition) is 2. The van der Waals surface area contributed by atoms with E-state index in [9.17, 15) is 14.4 Å². The lowest BCUT2D eigenvalue weighted by Crippen LogP contribution is -2.49. The van der Waals surface area contributed by atoms with E-state index < -0.39 is 23.3 Å². The van der Waals surface area contributed by atoms with Crippen molar-refractivity contribution in [2.45, 2.75) is 6.04 Å². The maximum atomic E-state index is 12.6. The van der Waals surface area contributed by atoms with Gasteiger partial charge in [0.15, 0.2) is 6.61 Å². The summed E-state index contributed by atoms with van der Waals surface area (Å²) in [6.07, 6.45) is 0. The second-order valence-corrected chi connectivity index (χ2v) is 5.52. The minimum Gasteiger partial charge on any atom is -0.479 e. The Morgan fingerprint density at radius 3 is 2.48 bits per heavy atom. The van der Waals surface area contributed by atoms with E-state index in [2.05, 4.69) is 10.6 Å². The lowest BCUT2D eigenvalue weighted by molar-refractivity contribution is 0.248. The monoisotopic (exact) mass is 341 g/mol. The molecule has 0 spiro atoms. The molecular weight excluding hydrogens is 326 g/mol. The van der Waals surface area contributed by atoms with Crippen LogP contribution in [0.4, 0.5) is 10.6 Å². The summed E-state index contributed by atoms with van der Waals surface area (Å²) in [5.74, 6) is 0.672. The Kier molecular flexibility index (Phi) is 4.02. The van der Waals surface area contributed by atoms with E-state index in [1.807, 2.05) is 6.07 Å². The lowest BCUT2D eigenvalue weighted by atomic mass is 9.98. The smallest absolute Gasteiger partial charge is 0.332 e. The van der Waals surface area contributed by atoms with E-state index in [0.717, 1.165) is 4.57 Å². The Bertz CT molecular complexity index is 997. The summed E-state index contributed by atoms with van der Waals surface area (Å²) in [4.78, 5) is 36.6. The zero-order valence-electron chi connectivity index (χ0n) is 13.6. The number of carbonyl (C=O) groups excluding carboxylic acids is 1. The van der Waals surface area contributed by atoms with Gasteiger partial charge in [0.1, 0.15) is 17.6 Å². The van der Waals surface area contributed by atoms with E-state index in [1.54, 1.807) is 24.3 Å². The van der Waals surface area contributed by atoms with Gasteiger partial charge in [-0.15, -0.1) is 0 Å². The molecule has 2 amide bonds. The molecule has 2 heterocycles. The number of benzene rings is 1. The molecule has 1 aliphatic rings. The number of carbonyl (C=O) groups is 1. The molecular formula is C16H15N5O4.